The summed E-state index contributed by atoms with van der Waals surface area (Å²) >= 11 is 4.07. The fourth-order valence-electron chi connectivity index (χ4n) is 1.86. The smallest absolute Gasteiger partial charge is 0.368 e. The minimum atomic E-state index is -0.596. The highest BCUT2D eigenvalue weighted by Gasteiger charge is 2.25. The predicted octanol–water partition coefficient (Wildman–Crippen LogP) is 0.831. The van der Waals surface area contributed by atoms with Crippen LogP contribution in [0.4, 0.5) is 11.8 Å². The Morgan fingerprint density at radius 1 is 1.25 bits per heavy atom. The molecule has 102 valence electrons. The van der Waals surface area contributed by atoms with Gasteiger partial charge in [0, 0.05) is 6.92 Å². The number of anilines is 1. The summed E-state index contributed by atoms with van der Waals surface area (Å²) in [5.74, 6) is 0.00810. The molecule has 0 aromatic carbocycles. The van der Waals surface area contributed by atoms with Crippen molar-refractivity contribution in [2.75, 3.05) is 5.73 Å². The molecule has 0 fully saturated rings. The fourth-order valence-corrected chi connectivity index (χ4v) is 2.07. The van der Waals surface area contributed by atoms with Crippen molar-refractivity contribution < 1.29 is 4.92 Å². The monoisotopic (exact) mass is 292 g/mol. The molecule has 0 radical (unpaired) electrons. The standard InChI is InChI=1S/C9H8N8O2S/c1-2-11-5(7(12-2)17(18)19)3-4-6(15-8(10)13-3)16-9(20)14-4/h1H3,(H,11,12)(H4,10,13,14,15,16,20). The lowest BCUT2D eigenvalue weighted by Gasteiger charge is -2.00. The molecule has 10 nitrogen and oxygen atoms in total. The van der Waals surface area contributed by atoms with E-state index < -0.39 is 4.92 Å². The molecule has 3 rings (SSSR count). The molecule has 0 aliphatic rings. The molecule has 0 atom stereocenters. The van der Waals surface area contributed by atoms with Gasteiger partial charge in [-0.1, -0.05) is 0 Å². The van der Waals surface area contributed by atoms with Crippen molar-refractivity contribution >= 4 is 35.6 Å². The lowest BCUT2D eigenvalue weighted by Crippen LogP contribution is -1.99. The van der Waals surface area contributed by atoms with E-state index in [1.54, 1.807) is 6.92 Å². The molecule has 20 heavy (non-hydrogen) atoms. The molecule has 0 aliphatic heterocycles. The van der Waals surface area contributed by atoms with Crippen molar-refractivity contribution in [2.45, 2.75) is 12.1 Å². The van der Waals surface area contributed by atoms with Crippen molar-refractivity contribution in [1.29, 1.82) is 0 Å². The predicted molar refractivity (Wildman–Crippen MR) is 72.3 cm³/mol. The number of aryl methyl sites for hydroxylation is 1. The number of nitrogen functional groups attached to an aromatic ring is 1. The van der Waals surface area contributed by atoms with Gasteiger partial charge >= 0.3 is 5.82 Å². The topological polar surface area (TPSA) is 152 Å². The highest BCUT2D eigenvalue weighted by molar-refractivity contribution is 7.80. The van der Waals surface area contributed by atoms with Gasteiger partial charge in [-0.15, -0.1) is 12.6 Å². The van der Waals surface area contributed by atoms with Crippen molar-refractivity contribution in [3.8, 4) is 11.4 Å². The minimum Gasteiger partial charge on any atom is -0.368 e. The van der Waals surface area contributed by atoms with Gasteiger partial charge in [0.05, 0.1) is 0 Å². The van der Waals surface area contributed by atoms with Crippen LogP contribution in [0.2, 0.25) is 0 Å². The molecule has 0 bridgehead atoms. The van der Waals surface area contributed by atoms with Gasteiger partial charge in [-0.25, -0.2) is 9.97 Å². The number of nitrogens with zero attached hydrogens (tertiary/aromatic N) is 5. The first-order chi connectivity index (χ1) is 9.45. The maximum absolute atomic E-state index is 11.0. The normalized spacial score (nSPS) is 11.1. The lowest BCUT2D eigenvalue weighted by molar-refractivity contribution is -0.388. The fraction of sp³-hybridized carbons (Fsp3) is 0.111. The molecule has 3 heterocycles. The van der Waals surface area contributed by atoms with Crippen LogP contribution in [-0.2, 0) is 0 Å². The summed E-state index contributed by atoms with van der Waals surface area (Å²) < 4.78 is 0. The van der Waals surface area contributed by atoms with Gasteiger partial charge in [0.15, 0.2) is 16.5 Å². The van der Waals surface area contributed by atoms with Crippen molar-refractivity contribution in [1.82, 2.24) is 29.9 Å². The quantitative estimate of drug-likeness (QED) is 0.310. The van der Waals surface area contributed by atoms with Crippen LogP contribution in [0, 0.1) is 17.0 Å². The molecule has 0 unspecified atom stereocenters. The first-order valence-electron chi connectivity index (χ1n) is 5.39. The average Bonchev–Trinajstić information content (AvgIpc) is 2.90. The molecule has 3 aromatic heterocycles. The van der Waals surface area contributed by atoms with E-state index in [2.05, 4.69) is 42.5 Å². The second-order valence-electron chi connectivity index (χ2n) is 3.97. The number of hydrogen-bond acceptors (Lipinski definition) is 8. The number of aromatic amines is 2. The molecule has 4 N–H and O–H groups in total. The Morgan fingerprint density at radius 2 is 2.00 bits per heavy atom. The zero-order chi connectivity index (χ0) is 14.4. The number of aromatic nitrogens is 6. The third-order valence-corrected chi connectivity index (χ3v) is 2.78. The van der Waals surface area contributed by atoms with Crippen LogP contribution in [0.15, 0.2) is 5.16 Å². The lowest BCUT2D eigenvalue weighted by atomic mass is 10.2. The van der Waals surface area contributed by atoms with Gasteiger partial charge in [0.1, 0.15) is 11.2 Å². The molecule has 3 aromatic rings. The van der Waals surface area contributed by atoms with Gasteiger partial charge in [-0.05, 0) is 9.91 Å². The maximum atomic E-state index is 11.0. The average molecular weight is 292 g/mol. The Morgan fingerprint density at radius 3 is 2.70 bits per heavy atom. The van der Waals surface area contributed by atoms with Crippen LogP contribution in [0.1, 0.15) is 5.82 Å². The molecular weight excluding hydrogens is 284 g/mol. The number of thiol groups is 1. The Labute approximate surface area is 116 Å². The van der Waals surface area contributed by atoms with E-state index in [4.69, 9.17) is 5.73 Å². The number of nitro groups is 1. The SMILES string of the molecule is Cc1nc([N+](=O)[O-])c(-c2nc(N)nc3nc(S)[nH]c23)[nH]1. The molecule has 11 heteroatoms. The zero-order valence-corrected chi connectivity index (χ0v) is 11.0. The molecule has 0 aliphatic carbocycles. The van der Waals surface area contributed by atoms with Gasteiger partial charge in [0.25, 0.3) is 0 Å². The maximum Gasteiger partial charge on any atom is 0.391 e. The van der Waals surface area contributed by atoms with E-state index >= 15 is 0 Å². The van der Waals surface area contributed by atoms with Crippen molar-refractivity contribution in [3.63, 3.8) is 0 Å². The van der Waals surface area contributed by atoms with Gasteiger partial charge in [-0.3, -0.25) is 0 Å². The van der Waals surface area contributed by atoms with Crippen LogP contribution in [0.25, 0.3) is 22.6 Å². The Balaban J connectivity index is 2.37. The number of fused-ring (bicyclic) bond motifs is 1. The van der Waals surface area contributed by atoms with E-state index in [-0.39, 0.29) is 28.8 Å². The zero-order valence-electron chi connectivity index (χ0n) is 10.1. The van der Waals surface area contributed by atoms with E-state index in [1.807, 2.05) is 0 Å². The number of H-pyrrole nitrogens is 2. The molecule has 0 amide bonds. The van der Waals surface area contributed by atoms with Crippen molar-refractivity contribution in [3.05, 3.63) is 15.9 Å². The van der Waals surface area contributed by atoms with Gasteiger partial charge in [-0.2, -0.15) is 4.98 Å². The van der Waals surface area contributed by atoms with Crippen molar-refractivity contribution in [2.24, 2.45) is 0 Å². The van der Waals surface area contributed by atoms with E-state index in [0.717, 1.165) is 0 Å². The van der Waals surface area contributed by atoms with E-state index in [0.29, 0.717) is 16.5 Å². The number of rotatable bonds is 2. The summed E-state index contributed by atoms with van der Waals surface area (Å²) in [6, 6.07) is 0. The Kier molecular flexibility index (Phi) is 2.57. The van der Waals surface area contributed by atoms with Gasteiger partial charge < -0.3 is 25.8 Å². The second kappa shape index (κ2) is 4.16. The number of nitrogens with one attached hydrogen (secondary N) is 2. The minimum absolute atomic E-state index is 0.0473. The van der Waals surface area contributed by atoms with E-state index in [9.17, 15) is 10.1 Å². The van der Waals surface area contributed by atoms with Crippen LogP contribution in [0.5, 0.6) is 0 Å². The first-order valence-corrected chi connectivity index (χ1v) is 5.84. The Bertz CT molecular complexity index is 838. The first kappa shape index (κ1) is 12.3. The summed E-state index contributed by atoms with van der Waals surface area (Å²) in [5.41, 5.74) is 6.65. The largest absolute Gasteiger partial charge is 0.391 e. The van der Waals surface area contributed by atoms with Gasteiger partial charge in [0.2, 0.25) is 11.8 Å². The van der Waals surface area contributed by atoms with Crippen LogP contribution in [0.3, 0.4) is 0 Å². The molecule has 0 spiro atoms. The number of imidazole rings is 2. The highest BCUT2D eigenvalue weighted by atomic mass is 32.1. The third-order valence-electron chi connectivity index (χ3n) is 2.57. The Hall–Kier alpha value is -2.69. The molecular formula is C9H8N8O2S. The second-order valence-corrected chi connectivity index (χ2v) is 4.39. The summed E-state index contributed by atoms with van der Waals surface area (Å²) in [6.45, 7) is 1.61. The van der Waals surface area contributed by atoms with E-state index in [1.165, 1.54) is 0 Å². The third kappa shape index (κ3) is 1.84. The molecule has 0 saturated heterocycles. The summed E-state index contributed by atoms with van der Waals surface area (Å²) in [4.78, 5) is 31.9. The number of nitrogens with two attached hydrogens (primary N) is 1. The van der Waals surface area contributed by atoms with Crippen LogP contribution in [-0.4, -0.2) is 34.8 Å². The summed E-state index contributed by atoms with van der Waals surface area (Å²) in [5, 5.41) is 11.3. The summed E-state index contributed by atoms with van der Waals surface area (Å²) in [6.07, 6.45) is 0. The van der Waals surface area contributed by atoms with Crippen LogP contribution >= 0.6 is 12.6 Å². The number of hydrogen-bond donors (Lipinski definition) is 4. The van der Waals surface area contributed by atoms with Crippen LogP contribution < -0.4 is 5.73 Å². The summed E-state index contributed by atoms with van der Waals surface area (Å²) in [7, 11) is 0. The molecule has 0 saturated carbocycles. The highest BCUT2D eigenvalue weighted by Crippen LogP contribution is 2.30.